The standard InChI is InChI=1S/C14H18ClNO4S/c1-3-20-14(18)12(7-8-21(2)19)16-13(17)10-5-4-6-11(15)9-10/h4-6,9,12H,3,7-8H2,1-2H3,(H,16,17). The van der Waals surface area contributed by atoms with E-state index in [0.29, 0.717) is 16.3 Å². The van der Waals surface area contributed by atoms with Crippen molar-refractivity contribution in [2.75, 3.05) is 18.6 Å². The molecule has 21 heavy (non-hydrogen) atoms. The van der Waals surface area contributed by atoms with Crippen LogP contribution in [0.5, 0.6) is 0 Å². The van der Waals surface area contributed by atoms with Gasteiger partial charge in [0.15, 0.2) is 0 Å². The van der Waals surface area contributed by atoms with E-state index in [-0.39, 0.29) is 13.0 Å². The van der Waals surface area contributed by atoms with Gasteiger partial charge in [0.25, 0.3) is 5.91 Å². The lowest BCUT2D eigenvalue weighted by molar-refractivity contribution is -0.145. The van der Waals surface area contributed by atoms with Gasteiger partial charge in [0.1, 0.15) is 6.04 Å². The molecule has 0 fully saturated rings. The summed E-state index contributed by atoms with van der Waals surface area (Å²) in [7, 11) is -1.05. The van der Waals surface area contributed by atoms with Gasteiger partial charge in [0.05, 0.1) is 6.61 Å². The Labute approximate surface area is 131 Å². The van der Waals surface area contributed by atoms with E-state index in [1.54, 1.807) is 31.4 Å². The van der Waals surface area contributed by atoms with Gasteiger partial charge >= 0.3 is 5.97 Å². The van der Waals surface area contributed by atoms with Crippen molar-refractivity contribution < 1.29 is 18.5 Å². The number of benzene rings is 1. The van der Waals surface area contributed by atoms with Crippen LogP contribution in [0.4, 0.5) is 0 Å². The number of esters is 1. The fraction of sp³-hybridized carbons (Fsp3) is 0.429. The number of halogens is 1. The summed E-state index contributed by atoms with van der Waals surface area (Å²) in [5.74, 6) is -0.643. The SMILES string of the molecule is CCOC(=O)C(CCS(C)=O)NC(=O)c1cccc(Cl)c1. The van der Waals surface area contributed by atoms with Crippen molar-refractivity contribution in [2.45, 2.75) is 19.4 Å². The molecule has 1 amide bonds. The highest BCUT2D eigenvalue weighted by molar-refractivity contribution is 7.84. The molecule has 0 radical (unpaired) electrons. The van der Waals surface area contributed by atoms with Crippen molar-refractivity contribution in [3.8, 4) is 0 Å². The van der Waals surface area contributed by atoms with Gasteiger partial charge in [-0.1, -0.05) is 17.7 Å². The van der Waals surface area contributed by atoms with E-state index in [9.17, 15) is 13.8 Å². The highest BCUT2D eigenvalue weighted by atomic mass is 35.5. The molecule has 1 aromatic carbocycles. The van der Waals surface area contributed by atoms with Crippen LogP contribution in [0.3, 0.4) is 0 Å². The first-order valence-electron chi connectivity index (χ1n) is 6.47. The summed E-state index contributed by atoms with van der Waals surface area (Å²) in [6, 6.07) is 5.60. The molecule has 0 bridgehead atoms. The number of carbonyl (C=O) groups excluding carboxylic acids is 2. The van der Waals surface area contributed by atoms with E-state index in [2.05, 4.69) is 5.32 Å². The molecule has 0 saturated carbocycles. The first-order chi connectivity index (χ1) is 9.93. The highest BCUT2D eigenvalue weighted by Crippen LogP contribution is 2.11. The zero-order chi connectivity index (χ0) is 15.8. The van der Waals surface area contributed by atoms with Crippen LogP contribution in [0, 0.1) is 0 Å². The minimum atomic E-state index is -1.05. The summed E-state index contributed by atoms with van der Waals surface area (Å²) in [6.07, 6.45) is 1.80. The van der Waals surface area contributed by atoms with Crippen LogP contribution in [-0.4, -0.2) is 40.7 Å². The lowest BCUT2D eigenvalue weighted by Crippen LogP contribution is -2.42. The smallest absolute Gasteiger partial charge is 0.328 e. The Bertz CT molecular complexity index is 535. The Balaban J connectivity index is 2.76. The van der Waals surface area contributed by atoms with E-state index in [0.717, 1.165) is 0 Å². The number of rotatable bonds is 7. The number of amides is 1. The average Bonchev–Trinajstić information content (AvgIpc) is 2.43. The van der Waals surface area contributed by atoms with Gasteiger partial charge in [-0.25, -0.2) is 4.79 Å². The number of nitrogens with one attached hydrogen (secondary N) is 1. The first kappa shape index (κ1) is 17.7. The van der Waals surface area contributed by atoms with Gasteiger partial charge in [-0.15, -0.1) is 0 Å². The van der Waals surface area contributed by atoms with Crippen LogP contribution in [0.1, 0.15) is 23.7 Å². The van der Waals surface area contributed by atoms with E-state index in [1.807, 2.05) is 0 Å². The van der Waals surface area contributed by atoms with E-state index in [4.69, 9.17) is 16.3 Å². The third-order valence-corrected chi connectivity index (χ3v) is 3.70. The number of hydrogen-bond acceptors (Lipinski definition) is 4. The van der Waals surface area contributed by atoms with Crippen molar-refractivity contribution in [1.82, 2.24) is 5.32 Å². The molecule has 0 aliphatic heterocycles. The van der Waals surface area contributed by atoms with Gasteiger partial charge in [-0.3, -0.25) is 9.00 Å². The second-order valence-electron chi connectivity index (χ2n) is 4.35. The Kier molecular flexibility index (Phi) is 7.39. The van der Waals surface area contributed by atoms with Crippen molar-refractivity contribution in [3.05, 3.63) is 34.9 Å². The maximum absolute atomic E-state index is 12.1. The van der Waals surface area contributed by atoms with Crippen molar-refractivity contribution in [1.29, 1.82) is 0 Å². The molecular weight excluding hydrogens is 314 g/mol. The minimum absolute atomic E-state index is 0.220. The van der Waals surface area contributed by atoms with Gasteiger partial charge in [-0.05, 0) is 31.5 Å². The summed E-state index contributed by atoms with van der Waals surface area (Å²) in [6.45, 7) is 1.91. The quantitative estimate of drug-likeness (QED) is 0.773. The summed E-state index contributed by atoms with van der Waals surface area (Å²) in [5, 5.41) is 3.03. The Morgan fingerprint density at radius 1 is 1.43 bits per heavy atom. The number of carbonyl (C=O) groups is 2. The van der Waals surface area contributed by atoms with Gasteiger partial charge < -0.3 is 10.1 Å². The zero-order valence-corrected chi connectivity index (χ0v) is 13.5. The molecule has 1 rings (SSSR count). The van der Waals surface area contributed by atoms with Gasteiger partial charge in [-0.2, -0.15) is 0 Å². The first-order valence-corrected chi connectivity index (χ1v) is 8.57. The van der Waals surface area contributed by atoms with Crippen LogP contribution in [0.2, 0.25) is 5.02 Å². The zero-order valence-electron chi connectivity index (χ0n) is 11.9. The molecule has 2 atom stereocenters. The van der Waals surface area contributed by atoms with Gasteiger partial charge in [0, 0.05) is 33.4 Å². The summed E-state index contributed by atoms with van der Waals surface area (Å²) in [5.41, 5.74) is 0.356. The molecule has 0 aromatic heterocycles. The van der Waals surface area contributed by atoms with E-state index < -0.39 is 28.7 Å². The maximum Gasteiger partial charge on any atom is 0.328 e. The lowest BCUT2D eigenvalue weighted by Gasteiger charge is -2.16. The predicted octanol–water partition coefficient (Wildman–Crippen LogP) is 1.77. The molecule has 2 unspecified atom stereocenters. The topological polar surface area (TPSA) is 72.5 Å². The molecule has 0 saturated heterocycles. The second-order valence-corrected chi connectivity index (χ2v) is 6.35. The Morgan fingerprint density at radius 3 is 2.71 bits per heavy atom. The highest BCUT2D eigenvalue weighted by Gasteiger charge is 2.22. The lowest BCUT2D eigenvalue weighted by atomic mass is 10.1. The van der Waals surface area contributed by atoms with Gasteiger partial charge in [0.2, 0.25) is 0 Å². The normalized spacial score (nSPS) is 13.3. The Morgan fingerprint density at radius 2 is 2.14 bits per heavy atom. The van der Waals surface area contributed by atoms with Crippen LogP contribution >= 0.6 is 11.6 Å². The van der Waals surface area contributed by atoms with Crippen LogP contribution < -0.4 is 5.32 Å². The monoisotopic (exact) mass is 331 g/mol. The molecule has 0 aliphatic rings. The number of ether oxygens (including phenoxy) is 1. The van der Waals surface area contributed by atoms with Crippen molar-refractivity contribution in [2.24, 2.45) is 0 Å². The van der Waals surface area contributed by atoms with Crippen molar-refractivity contribution in [3.63, 3.8) is 0 Å². The fourth-order valence-electron chi connectivity index (χ4n) is 1.65. The maximum atomic E-state index is 12.1. The summed E-state index contributed by atoms with van der Waals surface area (Å²) < 4.78 is 16.1. The molecular formula is C14H18ClNO4S. The molecule has 7 heteroatoms. The number of hydrogen-bond donors (Lipinski definition) is 1. The molecule has 0 aliphatic carbocycles. The van der Waals surface area contributed by atoms with Crippen LogP contribution in [0.25, 0.3) is 0 Å². The van der Waals surface area contributed by atoms with Crippen LogP contribution in [0.15, 0.2) is 24.3 Å². The van der Waals surface area contributed by atoms with E-state index in [1.165, 1.54) is 6.07 Å². The third-order valence-electron chi connectivity index (χ3n) is 2.66. The largest absolute Gasteiger partial charge is 0.464 e. The Hall–Kier alpha value is -1.40. The molecule has 0 heterocycles. The molecule has 0 spiro atoms. The van der Waals surface area contributed by atoms with Crippen LogP contribution in [-0.2, 0) is 20.3 Å². The fourth-order valence-corrected chi connectivity index (χ4v) is 2.40. The molecule has 5 nitrogen and oxygen atoms in total. The predicted molar refractivity (Wildman–Crippen MR) is 82.9 cm³/mol. The average molecular weight is 332 g/mol. The second kappa shape index (κ2) is 8.79. The summed E-state index contributed by atoms with van der Waals surface area (Å²) >= 11 is 5.83. The minimum Gasteiger partial charge on any atom is -0.464 e. The molecule has 1 N–H and O–H groups in total. The molecule has 1 aromatic rings. The molecule has 116 valence electrons. The summed E-state index contributed by atoms with van der Waals surface area (Å²) in [4.78, 5) is 23.9. The van der Waals surface area contributed by atoms with E-state index >= 15 is 0 Å². The third kappa shape index (κ3) is 6.27. The van der Waals surface area contributed by atoms with Crippen molar-refractivity contribution >= 4 is 34.3 Å².